The zero-order valence-electron chi connectivity index (χ0n) is 8.87. The molecule has 0 radical (unpaired) electrons. The largest absolute Gasteiger partial charge is 0.490 e. The molecule has 86 valence electrons. The normalized spacial score (nSPS) is 14.3. The number of carbonyl (C=O) groups is 1. The minimum absolute atomic E-state index is 0.118. The van der Waals surface area contributed by atoms with Crippen LogP contribution in [0.4, 0.5) is 0 Å². The fraction of sp³-hybridized carbons (Fsp3) is 0.417. The third kappa shape index (κ3) is 2.55. The molecule has 0 amide bonds. The lowest BCUT2D eigenvalue weighted by atomic mass is 10.1. The van der Waals surface area contributed by atoms with Crippen LogP contribution in [0.3, 0.4) is 0 Å². The zero-order valence-corrected chi connectivity index (χ0v) is 10.5. The predicted octanol–water partition coefficient (Wildman–Crippen LogP) is 2.82. The Morgan fingerprint density at radius 1 is 1.25 bits per heavy atom. The maximum Gasteiger partial charge on any atom is 0.163 e. The molecule has 0 spiro atoms. The van der Waals surface area contributed by atoms with Gasteiger partial charge in [-0.05, 0) is 18.2 Å². The van der Waals surface area contributed by atoms with E-state index in [1.54, 1.807) is 12.1 Å². The Kier molecular flexibility index (Phi) is 3.83. The highest BCUT2D eigenvalue weighted by molar-refractivity contribution is 9.09. The molecule has 0 aromatic heterocycles. The molecule has 0 fully saturated rings. The summed E-state index contributed by atoms with van der Waals surface area (Å²) in [4.78, 5) is 11.7. The quantitative estimate of drug-likeness (QED) is 0.633. The first-order valence-corrected chi connectivity index (χ1v) is 6.42. The van der Waals surface area contributed by atoms with Crippen LogP contribution in [0.2, 0.25) is 0 Å². The summed E-state index contributed by atoms with van der Waals surface area (Å²) in [5, 5.41) is 0.681. The monoisotopic (exact) mass is 284 g/mol. The van der Waals surface area contributed by atoms with Crippen molar-refractivity contribution in [3.05, 3.63) is 23.8 Å². The molecule has 0 aliphatic carbocycles. The number of benzene rings is 1. The molecule has 0 saturated heterocycles. The number of ketones is 1. The van der Waals surface area contributed by atoms with E-state index in [4.69, 9.17) is 9.47 Å². The van der Waals surface area contributed by atoms with E-state index in [2.05, 4.69) is 15.9 Å². The van der Waals surface area contributed by atoms with Crippen molar-refractivity contribution in [1.29, 1.82) is 0 Å². The van der Waals surface area contributed by atoms with Crippen LogP contribution in [-0.2, 0) is 0 Å². The van der Waals surface area contributed by atoms with Gasteiger partial charge in [0, 0.05) is 23.7 Å². The topological polar surface area (TPSA) is 35.5 Å². The molecule has 1 aromatic rings. The number of Topliss-reactive ketones (excluding diaryl/α,β-unsaturated/α-hetero) is 1. The summed E-state index contributed by atoms with van der Waals surface area (Å²) < 4.78 is 11.0. The van der Waals surface area contributed by atoms with Gasteiger partial charge in [-0.15, -0.1) is 0 Å². The molecule has 1 aliphatic rings. The first-order chi connectivity index (χ1) is 7.81. The third-order valence-corrected chi connectivity index (χ3v) is 2.79. The van der Waals surface area contributed by atoms with Gasteiger partial charge in [0.25, 0.3) is 0 Å². The zero-order chi connectivity index (χ0) is 11.4. The van der Waals surface area contributed by atoms with Crippen LogP contribution in [0.25, 0.3) is 0 Å². The first kappa shape index (κ1) is 11.5. The Hall–Kier alpha value is -1.03. The average Bonchev–Trinajstić information content (AvgIpc) is 2.53. The molecule has 4 heteroatoms. The van der Waals surface area contributed by atoms with Crippen LogP contribution < -0.4 is 9.47 Å². The number of ether oxygens (including phenoxy) is 2. The summed E-state index contributed by atoms with van der Waals surface area (Å²) in [7, 11) is 0. The van der Waals surface area contributed by atoms with Gasteiger partial charge in [-0.1, -0.05) is 15.9 Å². The van der Waals surface area contributed by atoms with Gasteiger partial charge in [-0.3, -0.25) is 4.79 Å². The molecule has 0 bridgehead atoms. The molecule has 16 heavy (non-hydrogen) atoms. The number of rotatable bonds is 3. The molecular formula is C12H13BrO3. The molecule has 3 nitrogen and oxygen atoms in total. The minimum Gasteiger partial charge on any atom is -0.490 e. The van der Waals surface area contributed by atoms with Gasteiger partial charge in [-0.25, -0.2) is 0 Å². The van der Waals surface area contributed by atoms with Gasteiger partial charge < -0.3 is 9.47 Å². The Labute approximate surface area is 103 Å². The molecule has 1 aromatic carbocycles. The van der Waals surface area contributed by atoms with Crippen LogP contribution in [0, 0.1) is 0 Å². The minimum atomic E-state index is 0.118. The fourth-order valence-corrected chi connectivity index (χ4v) is 1.93. The van der Waals surface area contributed by atoms with Crippen molar-refractivity contribution in [3.63, 3.8) is 0 Å². The van der Waals surface area contributed by atoms with Crippen molar-refractivity contribution in [2.75, 3.05) is 18.5 Å². The summed E-state index contributed by atoms with van der Waals surface area (Å²) in [5.74, 6) is 1.53. The maximum absolute atomic E-state index is 11.7. The Morgan fingerprint density at radius 3 is 2.75 bits per heavy atom. The second kappa shape index (κ2) is 5.34. The van der Waals surface area contributed by atoms with Crippen LogP contribution in [0.5, 0.6) is 11.5 Å². The molecule has 0 N–H and O–H groups in total. The van der Waals surface area contributed by atoms with Gasteiger partial charge in [0.2, 0.25) is 0 Å². The number of hydrogen-bond acceptors (Lipinski definition) is 3. The summed E-state index contributed by atoms with van der Waals surface area (Å²) in [6.07, 6.45) is 1.37. The summed E-state index contributed by atoms with van der Waals surface area (Å²) in [6.45, 7) is 1.31. The molecule has 0 unspecified atom stereocenters. The standard InChI is InChI=1S/C12H13BrO3/c13-5-4-10(14)9-2-3-11-12(8-9)16-7-1-6-15-11/h2-3,8H,1,4-7H2. The van der Waals surface area contributed by atoms with Gasteiger partial charge in [-0.2, -0.15) is 0 Å². The average molecular weight is 285 g/mol. The van der Waals surface area contributed by atoms with Gasteiger partial charge >= 0.3 is 0 Å². The predicted molar refractivity (Wildman–Crippen MR) is 64.8 cm³/mol. The molecule has 0 saturated carbocycles. The van der Waals surface area contributed by atoms with E-state index in [0.717, 1.165) is 12.2 Å². The summed E-state index contributed by atoms with van der Waals surface area (Å²) in [6, 6.07) is 5.37. The Morgan fingerprint density at radius 2 is 2.00 bits per heavy atom. The highest BCUT2D eigenvalue weighted by atomic mass is 79.9. The fourth-order valence-electron chi connectivity index (χ4n) is 1.57. The third-order valence-electron chi connectivity index (χ3n) is 2.39. The van der Waals surface area contributed by atoms with Crippen molar-refractivity contribution in [1.82, 2.24) is 0 Å². The SMILES string of the molecule is O=C(CCBr)c1ccc2c(c1)OCCCO2. The summed E-state index contributed by atoms with van der Waals surface area (Å²) in [5.41, 5.74) is 0.684. The van der Waals surface area contributed by atoms with Crippen LogP contribution in [0.15, 0.2) is 18.2 Å². The van der Waals surface area contributed by atoms with E-state index >= 15 is 0 Å². The summed E-state index contributed by atoms with van der Waals surface area (Å²) >= 11 is 3.26. The number of fused-ring (bicyclic) bond motifs is 1. The van der Waals surface area contributed by atoms with Crippen molar-refractivity contribution in [2.24, 2.45) is 0 Å². The number of hydrogen-bond donors (Lipinski definition) is 0. The van der Waals surface area contributed by atoms with Crippen molar-refractivity contribution in [2.45, 2.75) is 12.8 Å². The maximum atomic E-state index is 11.7. The van der Waals surface area contributed by atoms with E-state index in [1.165, 1.54) is 0 Å². The number of carbonyl (C=O) groups excluding carboxylic acids is 1. The molecule has 2 rings (SSSR count). The van der Waals surface area contributed by atoms with Gasteiger partial charge in [0.1, 0.15) is 0 Å². The lowest BCUT2D eigenvalue weighted by Crippen LogP contribution is -2.01. The van der Waals surface area contributed by atoms with Crippen LogP contribution >= 0.6 is 15.9 Å². The second-order valence-electron chi connectivity index (χ2n) is 3.57. The van der Waals surface area contributed by atoms with Gasteiger partial charge in [0.15, 0.2) is 17.3 Å². The molecular weight excluding hydrogens is 272 g/mol. The smallest absolute Gasteiger partial charge is 0.163 e. The first-order valence-electron chi connectivity index (χ1n) is 5.30. The van der Waals surface area contributed by atoms with Crippen LogP contribution in [0.1, 0.15) is 23.2 Å². The molecule has 0 atom stereocenters. The van der Waals surface area contributed by atoms with E-state index in [-0.39, 0.29) is 5.78 Å². The Bertz CT molecular complexity index is 390. The lowest BCUT2D eigenvalue weighted by Gasteiger charge is -2.08. The van der Waals surface area contributed by atoms with E-state index in [9.17, 15) is 4.79 Å². The van der Waals surface area contributed by atoms with Crippen LogP contribution in [-0.4, -0.2) is 24.3 Å². The van der Waals surface area contributed by atoms with E-state index in [0.29, 0.717) is 36.3 Å². The number of halogens is 1. The lowest BCUT2D eigenvalue weighted by molar-refractivity contribution is 0.0989. The molecule has 1 heterocycles. The van der Waals surface area contributed by atoms with Crippen molar-refractivity contribution in [3.8, 4) is 11.5 Å². The highest BCUT2D eigenvalue weighted by Gasteiger charge is 2.13. The highest BCUT2D eigenvalue weighted by Crippen LogP contribution is 2.30. The van der Waals surface area contributed by atoms with Crippen molar-refractivity contribution < 1.29 is 14.3 Å². The van der Waals surface area contributed by atoms with E-state index < -0.39 is 0 Å². The van der Waals surface area contributed by atoms with Crippen molar-refractivity contribution >= 4 is 21.7 Å². The van der Waals surface area contributed by atoms with E-state index in [1.807, 2.05) is 6.07 Å². The molecule has 1 aliphatic heterocycles. The number of alkyl halides is 1. The Balaban J connectivity index is 2.23. The van der Waals surface area contributed by atoms with Gasteiger partial charge in [0.05, 0.1) is 13.2 Å². The second-order valence-corrected chi connectivity index (χ2v) is 4.37.